The number of aliphatic imine (C=N–C) groups is 1. The molecule has 0 aliphatic carbocycles. The highest BCUT2D eigenvalue weighted by molar-refractivity contribution is 6.00. The van der Waals surface area contributed by atoms with E-state index in [9.17, 15) is 0 Å². The largest absolute Gasteiger partial charge is 0.396 e. The van der Waals surface area contributed by atoms with Crippen LogP contribution in [0.4, 0.5) is 5.69 Å². The molecule has 1 aromatic heterocycles. The quantitative estimate of drug-likeness (QED) is 0.386. The summed E-state index contributed by atoms with van der Waals surface area (Å²) in [6.45, 7) is 6.40. The number of rotatable bonds is 8. The summed E-state index contributed by atoms with van der Waals surface area (Å²) in [6.07, 6.45) is 5.17. The van der Waals surface area contributed by atoms with Gasteiger partial charge in [-0.3, -0.25) is 9.88 Å². The van der Waals surface area contributed by atoms with Crippen molar-refractivity contribution in [1.82, 2.24) is 15.2 Å². The second kappa shape index (κ2) is 8.60. The van der Waals surface area contributed by atoms with Crippen LogP contribution < -0.4 is 11.1 Å². The van der Waals surface area contributed by atoms with Crippen LogP contribution in [0.1, 0.15) is 12.8 Å². The third-order valence-corrected chi connectivity index (χ3v) is 4.42. The van der Waals surface area contributed by atoms with E-state index in [4.69, 9.17) is 10.8 Å². The van der Waals surface area contributed by atoms with E-state index >= 15 is 0 Å². The molecule has 136 valence electrons. The lowest BCUT2D eigenvalue weighted by Crippen LogP contribution is -2.26. The molecule has 0 radical (unpaired) electrons. The molecule has 26 heavy (non-hydrogen) atoms. The normalized spacial score (nSPS) is 15.7. The number of para-hydroxylation sites is 1. The average molecular weight is 351 g/mol. The predicted octanol–water partition coefficient (Wildman–Crippen LogP) is 2.30. The standard InChI is InChI=1S/C20H25N5O/c1-2-22-19-14-25(9-5-6-10-26)13-17(19)20(21)24-16-11-15-7-3-4-8-18(15)23-12-16/h2-4,7-8,11-12,22,26H,1,5-6,9-10,13-14H2,(H2,21,24). The molecule has 3 rings (SSSR count). The molecule has 4 N–H and O–H groups in total. The van der Waals surface area contributed by atoms with Crippen LogP contribution in [-0.4, -0.2) is 47.1 Å². The van der Waals surface area contributed by atoms with Crippen LogP contribution in [0.2, 0.25) is 0 Å². The fourth-order valence-corrected chi connectivity index (χ4v) is 3.12. The maximum absolute atomic E-state index is 8.96. The van der Waals surface area contributed by atoms with Gasteiger partial charge in [-0.25, -0.2) is 4.99 Å². The molecule has 0 fully saturated rings. The van der Waals surface area contributed by atoms with Crippen molar-refractivity contribution in [1.29, 1.82) is 0 Å². The van der Waals surface area contributed by atoms with Crippen molar-refractivity contribution in [3.8, 4) is 0 Å². The summed E-state index contributed by atoms with van der Waals surface area (Å²) < 4.78 is 0. The third-order valence-electron chi connectivity index (χ3n) is 4.42. The number of nitrogens with zero attached hydrogens (tertiary/aromatic N) is 3. The second-order valence-corrected chi connectivity index (χ2v) is 6.33. The van der Waals surface area contributed by atoms with Crippen molar-refractivity contribution in [2.75, 3.05) is 26.2 Å². The summed E-state index contributed by atoms with van der Waals surface area (Å²) in [7, 11) is 0. The number of pyridine rings is 1. The first kappa shape index (κ1) is 18.1. The predicted molar refractivity (Wildman–Crippen MR) is 106 cm³/mol. The fraction of sp³-hybridized carbons (Fsp3) is 0.300. The topological polar surface area (TPSA) is 86.8 Å². The molecule has 0 saturated heterocycles. The molecule has 2 aromatic rings. The van der Waals surface area contributed by atoms with Gasteiger partial charge in [0.25, 0.3) is 0 Å². The van der Waals surface area contributed by atoms with Gasteiger partial charge in [-0.2, -0.15) is 0 Å². The minimum atomic E-state index is 0.227. The first-order chi connectivity index (χ1) is 12.7. The minimum Gasteiger partial charge on any atom is -0.396 e. The molecule has 0 unspecified atom stereocenters. The average Bonchev–Trinajstić information content (AvgIpc) is 3.05. The van der Waals surface area contributed by atoms with E-state index in [2.05, 4.69) is 26.8 Å². The summed E-state index contributed by atoms with van der Waals surface area (Å²) in [4.78, 5) is 11.3. The van der Waals surface area contributed by atoms with E-state index in [1.54, 1.807) is 12.4 Å². The SMILES string of the molecule is C=CNC1=C(C(N)=Nc2cnc3ccccc3c2)CN(CCCCO)C1. The Kier molecular flexibility index (Phi) is 5.99. The smallest absolute Gasteiger partial charge is 0.130 e. The Morgan fingerprint density at radius 2 is 2.19 bits per heavy atom. The Morgan fingerprint density at radius 3 is 3.00 bits per heavy atom. The molecule has 1 aromatic carbocycles. The van der Waals surface area contributed by atoms with Crippen LogP contribution in [0.15, 0.2) is 65.6 Å². The third kappa shape index (κ3) is 4.28. The van der Waals surface area contributed by atoms with Crippen molar-refractivity contribution in [3.05, 3.63) is 60.6 Å². The molecular weight excluding hydrogens is 326 g/mol. The molecule has 6 heteroatoms. The highest BCUT2D eigenvalue weighted by atomic mass is 16.2. The zero-order chi connectivity index (χ0) is 18.4. The number of nitrogens with one attached hydrogen (secondary N) is 1. The molecule has 0 saturated carbocycles. The van der Waals surface area contributed by atoms with Crippen molar-refractivity contribution in [2.24, 2.45) is 10.7 Å². The molecular formula is C20H25N5O. The van der Waals surface area contributed by atoms with Crippen molar-refractivity contribution >= 4 is 22.4 Å². The number of fused-ring (bicyclic) bond motifs is 1. The van der Waals surface area contributed by atoms with E-state index < -0.39 is 0 Å². The van der Waals surface area contributed by atoms with Crippen molar-refractivity contribution in [3.63, 3.8) is 0 Å². The Hall–Kier alpha value is -2.70. The molecule has 0 atom stereocenters. The first-order valence-electron chi connectivity index (χ1n) is 8.83. The van der Waals surface area contributed by atoms with Gasteiger partial charge in [-0.1, -0.05) is 24.8 Å². The lowest BCUT2D eigenvalue weighted by Gasteiger charge is -2.15. The van der Waals surface area contributed by atoms with Crippen molar-refractivity contribution < 1.29 is 5.11 Å². The fourth-order valence-electron chi connectivity index (χ4n) is 3.12. The van der Waals surface area contributed by atoms with E-state index in [0.29, 0.717) is 5.84 Å². The zero-order valence-electron chi connectivity index (χ0n) is 14.9. The van der Waals surface area contributed by atoms with Crippen LogP contribution in [-0.2, 0) is 0 Å². The molecule has 0 amide bonds. The molecule has 6 nitrogen and oxygen atoms in total. The van der Waals surface area contributed by atoms with Crippen LogP contribution >= 0.6 is 0 Å². The van der Waals surface area contributed by atoms with Gasteiger partial charge in [0.1, 0.15) is 5.84 Å². The second-order valence-electron chi connectivity index (χ2n) is 6.33. The van der Waals surface area contributed by atoms with Gasteiger partial charge in [0.05, 0.1) is 17.4 Å². The number of unbranched alkanes of at least 4 members (excludes halogenated alkanes) is 1. The number of benzene rings is 1. The van der Waals surface area contributed by atoms with Gasteiger partial charge in [-0.15, -0.1) is 0 Å². The Morgan fingerprint density at radius 1 is 1.35 bits per heavy atom. The number of aliphatic hydroxyl groups excluding tert-OH is 1. The van der Waals surface area contributed by atoms with Gasteiger partial charge in [0.15, 0.2) is 0 Å². The number of nitrogens with two attached hydrogens (primary N) is 1. The van der Waals surface area contributed by atoms with Crippen LogP contribution in [0, 0.1) is 0 Å². The summed E-state index contributed by atoms with van der Waals surface area (Å²) in [5.41, 5.74) is 10.0. The van der Waals surface area contributed by atoms with Gasteiger partial charge < -0.3 is 16.2 Å². The lowest BCUT2D eigenvalue weighted by atomic mass is 10.2. The van der Waals surface area contributed by atoms with Crippen molar-refractivity contribution in [2.45, 2.75) is 12.8 Å². The number of hydrogen-bond acceptors (Lipinski definition) is 5. The Balaban J connectivity index is 1.80. The van der Waals surface area contributed by atoms with E-state index in [1.807, 2.05) is 30.3 Å². The van der Waals surface area contributed by atoms with Gasteiger partial charge in [-0.05, 0) is 37.7 Å². The maximum Gasteiger partial charge on any atom is 0.130 e. The summed E-state index contributed by atoms with van der Waals surface area (Å²) in [6, 6.07) is 9.93. The summed E-state index contributed by atoms with van der Waals surface area (Å²) in [5, 5.41) is 13.2. The monoisotopic (exact) mass is 351 g/mol. The number of aromatic nitrogens is 1. The van der Waals surface area contributed by atoms with Gasteiger partial charge in [0, 0.05) is 36.4 Å². The number of hydrogen-bond donors (Lipinski definition) is 3. The van der Waals surface area contributed by atoms with E-state index in [1.165, 1.54) is 0 Å². The Bertz CT molecular complexity index is 843. The maximum atomic E-state index is 8.96. The lowest BCUT2D eigenvalue weighted by molar-refractivity contribution is 0.265. The Labute approximate surface area is 153 Å². The molecule has 0 spiro atoms. The van der Waals surface area contributed by atoms with Crippen LogP contribution in [0.5, 0.6) is 0 Å². The number of aliphatic hydroxyl groups is 1. The van der Waals surface area contributed by atoms with Gasteiger partial charge >= 0.3 is 0 Å². The number of amidine groups is 1. The van der Waals surface area contributed by atoms with E-state index in [-0.39, 0.29) is 6.61 Å². The summed E-state index contributed by atoms with van der Waals surface area (Å²) >= 11 is 0. The van der Waals surface area contributed by atoms with Crippen LogP contribution in [0.25, 0.3) is 10.9 Å². The highest BCUT2D eigenvalue weighted by Gasteiger charge is 2.23. The van der Waals surface area contributed by atoms with Crippen LogP contribution in [0.3, 0.4) is 0 Å². The van der Waals surface area contributed by atoms with Gasteiger partial charge in [0.2, 0.25) is 0 Å². The summed E-state index contributed by atoms with van der Waals surface area (Å²) in [5.74, 6) is 0.496. The molecule has 0 bridgehead atoms. The van der Waals surface area contributed by atoms with E-state index in [0.717, 1.165) is 60.3 Å². The molecule has 1 aliphatic rings. The molecule has 1 aliphatic heterocycles. The minimum absolute atomic E-state index is 0.227. The highest BCUT2D eigenvalue weighted by Crippen LogP contribution is 2.21. The zero-order valence-corrected chi connectivity index (χ0v) is 14.9. The molecule has 2 heterocycles. The first-order valence-corrected chi connectivity index (χ1v) is 8.83.